The molecule has 7 heteroatoms. The Labute approximate surface area is 180 Å². The second-order valence-electron chi connectivity index (χ2n) is 8.04. The van der Waals surface area contributed by atoms with Crippen LogP contribution in [0.5, 0.6) is 5.75 Å². The molecule has 0 heterocycles. The average molecular weight is 436 g/mol. The number of aliphatic hydroxyl groups is 1. The number of rotatable bonds is 6. The minimum absolute atomic E-state index is 0.0741. The predicted molar refractivity (Wildman–Crippen MR) is 119 cm³/mol. The molecular formula is C23H33NO5S. The van der Waals surface area contributed by atoms with Gasteiger partial charge in [-0.1, -0.05) is 49.6 Å². The lowest BCUT2D eigenvalue weighted by molar-refractivity contribution is -0.0277. The number of likely N-dealkylation sites (N-methyl/N-ethyl adjacent to an activating group) is 1. The molecule has 1 aliphatic carbocycles. The Hall–Kier alpha value is -1.93. The molecule has 1 saturated carbocycles. The van der Waals surface area contributed by atoms with Gasteiger partial charge in [0.15, 0.2) is 0 Å². The Morgan fingerprint density at radius 1 is 1.00 bits per heavy atom. The van der Waals surface area contributed by atoms with Crippen LogP contribution in [0, 0.1) is 0 Å². The van der Waals surface area contributed by atoms with E-state index in [1.165, 1.54) is 24.1 Å². The van der Waals surface area contributed by atoms with Crippen molar-refractivity contribution < 1.29 is 22.8 Å². The van der Waals surface area contributed by atoms with Crippen LogP contribution in [0.15, 0.2) is 59.5 Å². The van der Waals surface area contributed by atoms with Gasteiger partial charge in [0, 0.05) is 12.5 Å². The molecule has 1 unspecified atom stereocenters. The lowest BCUT2D eigenvalue weighted by atomic mass is 9.72. The summed E-state index contributed by atoms with van der Waals surface area (Å²) in [5, 5.41) is 11.1. The van der Waals surface area contributed by atoms with Gasteiger partial charge >= 0.3 is 0 Å². The molecular weight excluding hydrogens is 402 g/mol. The van der Waals surface area contributed by atoms with Crippen LogP contribution in [0.2, 0.25) is 0 Å². The van der Waals surface area contributed by atoms with E-state index in [0.717, 1.165) is 38.0 Å². The van der Waals surface area contributed by atoms with Crippen LogP contribution >= 0.6 is 0 Å². The van der Waals surface area contributed by atoms with E-state index in [-0.39, 0.29) is 10.8 Å². The molecule has 1 fully saturated rings. The predicted octanol–water partition coefficient (Wildman–Crippen LogP) is 3.97. The van der Waals surface area contributed by atoms with Gasteiger partial charge in [-0.25, -0.2) is 0 Å². The van der Waals surface area contributed by atoms with Crippen LogP contribution in [0.3, 0.4) is 0 Å². The standard InChI is InChI=1S/C17H27NO2.C6H6O3S/c1-18(2)13-16(17(19)11-5-4-6-12-17)14-7-9-15(20-3)10-8-14;7-10(8,9)6-4-2-1-3-5-6/h7-10,16,19H,4-6,11-13H2,1-3H3;1-5H,(H,7,8,9). The topological polar surface area (TPSA) is 87.1 Å². The Balaban J connectivity index is 0.000000269. The fourth-order valence-electron chi connectivity index (χ4n) is 3.89. The molecule has 6 nitrogen and oxygen atoms in total. The highest BCUT2D eigenvalue weighted by Crippen LogP contribution is 2.40. The number of methoxy groups -OCH3 is 1. The number of hydrogen-bond donors (Lipinski definition) is 2. The van der Waals surface area contributed by atoms with Crippen LogP contribution in [0.25, 0.3) is 0 Å². The molecule has 30 heavy (non-hydrogen) atoms. The third-order valence-electron chi connectivity index (χ3n) is 5.47. The highest BCUT2D eigenvalue weighted by atomic mass is 32.2. The zero-order valence-corrected chi connectivity index (χ0v) is 18.8. The summed E-state index contributed by atoms with van der Waals surface area (Å²) in [6.07, 6.45) is 5.35. The summed E-state index contributed by atoms with van der Waals surface area (Å²) in [4.78, 5) is 2.09. The van der Waals surface area contributed by atoms with Gasteiger partial charge in [0.05, 0.1) is 17.6 Å². The maximum atomic E-state index is 11.1. The summed E-state index contributed by atoms with van der Waals surface area (Å²) in [5.41, 5.74) is 0.654. The second kappa shape index (κ2) is 10.9. The highest BCUT2D eigenvalue weighted by Gasteiger charge is 2.38. The molecule has 0 aromatic heterocycles. The van der Waals surface area contributed by atoms with Gasteiger partial charge < -0.3 is 14.7 Å². The largest absolute Gasteiger partial charge is 0.497 e. The molecule has 0 amide bonds. The van der Waals surface area contributed by atoms with Crippen LogP contribution in [0.4, 0.5) is 0 Å². The summed E-state index contributed by atoms with van der Waals surface area (Å²) in [6.45, 7) is 0.878. The molecule has 166 valence electrons. The zero-order chi connectivity index (χ0) is 22.2. The molecule has 0 bridgehead atoms. The van der Waals surface area contributed by atoms with E-state index in [4.69, 9.17) is 9.29 Å². The molecule has 0 saturated heterocycles. The second-order valence-corrected chi connectivity index (χ2v) is 9.46. The first-order valence-corrected chi connectivity index (χ1v) is 11.6. The van der Waals surface area contributed by atoms with E-state index in [9.17, 15) is 13.5 Å². The van der Waals surface area contributed by atoms with Crippen molar-refractivity contribution in [3.05, 3.63) is 60.2 Å². The van der Waals surface area contributed by atoms with Gasteiger partial charge in [-0.3, -0.25) is 4.55 Å². The summed E-state index contributed by atoms with van der Waals surface area (Å²) in [5.74, 6) is 1.04. The highest BCUT2D eigenvalue weighted by molar-refractivity contribution is 7.85. The first-order chi connectivity index (χ1) is 14.2. The third kappa shape index (κ3) is 7.09. The van der Waals surface area contributed by atoms with Crippen molar-refractivity contribution in [3.8, 4) is 5.75 Å². The lowest BCUT2D eigenvalue weighted by Crippen LogP contribution is -2.42. The van der Waals surface area contributed by atoms with Gasteiger partial charge in [0.1, 0.15) is 5.75 Å². The van der Waals surface area contributed by atoms with Crippen molar-refractivity contribution >= 4 is 10.1 Å². The van der Waals surface area contributed by atoms with Gasteiger partial charge in [0.25, 0.3) is 10.1 Å². The number of nitrogens with zero attached hydrogens (tertiary/aromatic N) is 1. The van der Waals surface area contributed by atoms with Crippen molar-refractivity contribution in [1.82, 2.24) is 4.90 Å². The summed E-state index contributed by atoms with van der Waals surface area (Å²) >= 11 is 0. The van der Waals surface area contributed by atoms with Crippen molar-refractivity contribution in [1.29, 1.82) is 0 Å². The summed E-state index contributed by atoms with van der Waals surface area (Å²) in [6, 6.07) is 15.6. The van der Waals surface area contributed by atoms with Crippen LogP contribution < -0.4 is 4.74 Å². The number of hydrogen-bond acceptors (Lipinski definition) is 5. The van der Waals surface area contributed by atoms with E-state index in [2.05, 4.69) is 31.1 Å². The molecule has 3 rings (SSSR count). The summed E-state index contributed by atoms with van der Waals surface area (Å²) in [7, 11) is 1.82. The minimum Gasteiger partial charge on any atom is -0.497 e. The first kappa shape index (κ1) is 24.3. The smallest absolute Gasteiger partial charge is 0.294 e. The van der Waals surface area contributed by atoms with Crippen LogP contribution in [-0.4, -0.2) is 56.3 Å². The fraction of sp³-hybridized carbons (Fsp3) is 0.478. The Morgan fingerprint density at radius 2 is 1.57 bits per heavy atom. The molecule has 1 atom stereocenters. The molecule has 2 aromatic carbocycles. The van der Waals surface area contributed by atoms with E-state index < -0.39 is 15.7 Å². The van der Waals surface area contributed by atoms with Crippen molar-refractivity contribution in [2.45, 2.75) is 48.5 Å². The van der Waals surface area contributed by atoms with Crippen molar-refractivity contribution in [2.24, 2.45) is 0 Å². The van der Waals surface area contributed by atoms with Crippen molar-refractivity contribution in [3.63, 3.8) is 0 Å². The normalized spacial score (nSPS) is 17.0. The third-order valence-corrected chi connectivity index (χ3v) is 6.34. The molecule has 2 N–H and O–H groups in total. The quantitative estimate of drug-likeness (QED) is 0.668. The molecule has 0 aliphatic heterocycles. The number of ether oxygens (including phenoxy) is 1. The summed E-state index contributed by atoms with van der Waals surface area (Å²) < 4.78 is 34.5. The molecule has 2 aromatic rings. The van der Waals surface area contributed by atoms with Gasteiger partial charge in [0.2, 0.25) is 0 Å². The van der Waals surface area contributed by atoms with Gasteiger partial charge in [-0.05, 0) is 56.8 Å². The van der Waals surface area contributed by atoms with Crippen LogP contribution in [0.1, 0.15) is 43.6 Å². The first-order valence-electron chi connectivity index (χ1n) is 10.2. The SMILES string of the molecule is COc1ccc(C(CN(C)C)C2(O)CCCCC2)cc1.O=S(=O)(O)c1ccccc1. The van der Waals surface area contributed by atoms with E-state index in [0.29, 0.717) is 0 Å². The van der Waals surface area contributed by atoms with Gasteiger partial charge in [-0.2, -0.15) is 8.42 Å². The van der Waals surface area contributed by atoms with E-state index in [1.807, 2.05) is 12.1 Å². The molecule has 0 spiro atoms. The number of benzene rings is 2. The molecule has 0 radical (unpaired) electrons. The van der Waals surface area contributed by atoms with Gasteiger partial charge in [-0.15, -0.1) is 0 Å². The lowest BCUT2D eigenvalue weighted by Gasteiger charge is -2.40. The van der Waals surface area contributed by atoms with E-state index in [1.54, 1.807) is 25.3 Å². The maximum absolute atomic E-state index is 11.1. The van der Waals surface area contributed by atoms with Crippen molar-refractivity contribution in [2.75, 3.05) is 27.7 Å². The van der Waals surface area contributed by atoms with E-state index >= 15 is 0 Å². The Morgan fingerprint density at radius 3 is 2.00 bits per heavy atom. The monoisotopic (exact) mass is 435 g/mol. The Bertz CT molecular complexity index is 860. The Kier molecular flexibility index (Phi) is 8.85. The minimum atomic E-state index is -4.00. The fourth-order valence-corrected chi connectivity index (χ4v) is 4.39. The molecule has 1 aliphatic rings. The average Bonchev–Trinajstić information content (AvgIpc) is 2.73. The zero-order valence-electron chi connectivity index (χ0n) is 18.0. The van der Waals surface area contributed by atoms with Crippen LogP contribution in [-0.2, 0) is 10.1 Å². The maximum Gasteiger partial charge on any atom is 0.294 e.